The third-order valence-corrected chi connectivity index (χ3v) is 3.56. The predicted octanol–water partition coefficient (Wildman–Crippen LogP) is 2.05. The summed E-state index contributed by atoms with van der Waals surface area (Å²) in [4.78, 5) is 15.0. The highest BCUT2D eigenvalue weighted by Crippen LogP contribution is 2.23. The predicted molar refractivity (Wildman–Crippen MR) is 69.3 cm³/mol. The van der Waals surface area contributed by atoms with E-state index in [1.54, 1.807) is 12.3 Å². The second-order valence-corrected chi connectivity index (χ2v) is 4.88. The van der Waals surface area contributed by atoms with Crippen molar-refractivity contribution in [3.05, 3.63) is 59.3 Å². The number of pyridine rings is 1. The van der Waals surface area contributed by atoms with E-state index in [9.17, 15) is 9.90 Å². The van der Waals surface area contributed by atoms with Gasteiger partial charge >= 0.3 is 0 Å². The molecule has 0 saturated carbocycles. The molecular weight excluding hydrogens is 246 g/mol. The summed E-state index contributed by atoms with van der Waals surface area (Å²) in [6.45, 7) is 2.03. The van der Waals surface area contributed by atoms with Crippen LogP contribution in [0.1, 0.15) is 21.5 Å². The Labute approximate surface area is 110 Å². The van der Waals surface area contributed by atoms with E-state index in [-0.39, 0.29) is 5.56 Å². The molecule has 18 heavy (non-hydrogen) atoms. The number of benzene rings is 1. The third kappa shape index (κ3) is 3.11. The van der Waals surface area contributed by atoms with E-state index in [2.05, 4.69) is 4.98 Å². The Morgan fingerprint density at radius 1 is 1.28 bits per heavy atom. The van der Waals surface area contributed by atoms with Crippen LogP contribution in [0.5, 0.6) is 0 Å². The molecule has 1 aromatic carbocycles. The lowest BCUT2D eigenvalue weighted by atomic mass is 10.2. The van der Waals surface area contributed by atoms with Gasteiger partial charge in [0.25, 0.3) is 0 Å². The number of carbonyl (C=O) groups is 1. The Balaban J connectivity index is 2.10. The van der Waals surface area contributed by atoms with Gasteiger partial charge in [0, 0.05) is 17.5 Å². The summed E-state index contributed by atoms with van der Waals surface area (Å²) in [5, 5.41) is 11.4. The average Bonchev–Trinajstić information content (AvgIpc) is 2.38. The lowest BCUT2D eigenvalue weighted by Crippen LogP contribution is -2.23. The normalized spacial score (nSPS) is 10.3. The summed E-state index contributed by atoms with van der Waals surface area (Å²) in [5.41, 5.74) is 2.49. The van der Waals surface area contributed by atoms with E-state index < -0.39 is 5.97 Å². The highest BCUT2D eigenvalue weighted by atomic mass is 32.2. The molecule has 0 radical (unpaired) electrons. The monoisotopic (exact) mass is 258 g/mol. The minimum atomic E-state index is -1.19. The van der Waals surface area contributed by atoms with Gasteiger partial charge in [-0.1, -0.05) is 29.8 Å². The van der Waals surface area contributed by atoms with Crippen LogP contribution in [0, 0.1) is 6.92 Å². The van der Waals surface area contributed by atoms with Gasteiger partial charge in [0.15, 0.2) is 0 Å². The lowest BCUT2D eigenvalue weighted by molar-refractivity contribution is -0.255. The molecule has 0 spiro atoms. The van der Waals surface area contributed by atoms with Crippen LogP contribution in [0.25, 0.3) is 0 Å². The number of nitrogens with zero attached hydrogens (tertiary/aromatic N) is 1. The van der Waals surface area contributed by atoms with Gasteiger partial charge in [-0.15, -0.1) is 11.8 Å². The highest BCUT2D eigenvalue weighted by molar-refractivity contribution is 7.98. The zero-order chi connectivity index (χ0) is 13.0. The molecule has 3 nitrogen and oxygen atoms in total. The van der Waals surface area contributed by atoms with E-state index >= 15 is 0 Å². The highest BCUT2D eigenvalue weighted by Gasteiger charge is 2.05. The van der Waals surface area contributed by atoms with Crippen molar-refractivity contribution in [3.63, 3.8) is 0 Å². The molecule has 0 aliphatic carbocycles. The number of aromatic nitrogens is 1. The number of rotatable bonds is 4. The van der Waals surface area contributed by atoms with Crippen molar-refractivity contribution in [1.29, 1.82) is 0 Å². The van der Waals surface area contributed by atoms with Gasteiger partial charge in [0.2, 0.25) is 0 Å². The van der Waals surface area contributed by atoms with Crippen molar-refractivity contribution in [3.8, 4) is 0 Å². The second-order valence-electron chi connectivity index (χ2n) is 3.92. The smallest absolute Gasteiger partial charge is 0.105 e. The second kappa shape index (κ2) is 5.69. The van der Waals surface area contributed by atoms with Gasteiger partial charge < -0.3 is 9.90 Å². The Bertz CT molecular complexity index is 552. The Hall–Kier alpha value is -1.81. The van der Waals surface area contributed by atoms with Crippen LogP contribution < -0.4 is 5.11 Å². The minimum absolute atomic E-state index is 0.148. The Morgan fingerprint density at radius 3 is 2.67 bits per heavy atom. The quantitative estimate of drug-likeness (QED) is 0.788. The van der Waals surface area contributed by atoms with E-state index in [1.807, 2.05) is 31.2 Å². The first kappa shape index (κ1) is 12.6. The van der Waals surface area contributed by atoms with E-state index in [4.69, 9.17) is 0 Å². The number of carboxylic acid groups (broad SMARTS) is 1. The number of carboxylic acids is 1. The SMILES string of the molecule is Cc1ccc(CSc2ncccc2C(=O)[O-])cc1. The van der Waals surface area contributed by atoms with Crippen molar-refractivity contribution in [1.82, 2.24) is 4.98 Å². The molecule has 0 saturated heterocycles. The van der Waals surface area contributed by atoms with E-state index in [1.165, 1.54) is 23.4 Å². The van der Waals surface area contributed by atoms with Crippen molar-refractivity contribution >= 4 is 17.7 Å². The van der Waals surface area contributed by atoms with Crippen LogP contribution in [0.2, 0.25) is 0 Å². The third-order valence-electron chi connectivity index (χ3n) is 2.49. The standard InChI is InChI=1S/C14H13NO2S/c1-10-4-6-11(7-5-10)9-18-13-12(14(16)17)3-2-8-15-13/h2-8H,9H2,1H3,(H,16,17)/p-1. The molecule has 0 bridgehead atoms. The molecule has 4 heteroatoms. The van der Waals surface area contributed by atoms with Crippen LogP contribution in [0.4, 0.5) is 0 Å². The largest absolute Gasteiger partial charge is 0.545 e. The molecule has 0 aliphatic heterocycles. The molecule has 2 aromatic rings. The molecule has 1 heterocycles. The fraction of sp³-hybridized carbons (Fsp3) is 0.143. The molecule has 92 valence electrons. The van der Waals surface area contributed by atoms with Crippen LogP contribution in [-0.4, -0.2) is 11.0 Å². The maximum Gasteiger partial charge on any atom is 0.105 e. The van der Waals surface area contributed by atoms with Crippen molar-refractivity contribution in [2.75, 3.05) is 0 Å². The van der Waals surface area contributed by atoms with Gasteiger partial charge in [-0.2, -0.15) is 0 Å². The molecule has 2 rings (SSSR count). The Kier molecular flexibility index (Phi) is 3.99. The van der Waals surface area contributed by atoms with Crippen LogP contribution >= 0.6 is 11.8 Å². The molecule has 0 N–H and O–H groups in total. The number of aromatic carboxylic acids is 1. The van der Waals surface area contributed by atoms with Crippen LogP contribution in [0.15, 0.2) is 47.6 Å². The maximum atomic E-state index is 10.9. The summed E-state index contributed by atoms with van der Waals surface area (Å²) >= 11 is 1.40. The number of carbonyl (C=O) groups excluding carboxylic acids is 1. The van der Waals surface area contributed by atoms with Crippen molar-refractivity contribution < 1.29 is 9.90 Å². The average molecular weight is 258 g/mol. The molecule has 0 amide bonds. The fourth-order valence-electron chi connectivity index (χ4n) is 1.50. The summed E-state index contributed by atoms with van der Waals surface area (Å²) in [5.74, 6) is -0.494. The molecule has 0 fully saturated rings. The number of hydrogen-bond acceptors (Lipinski definition) is 4. The zero-order valence-electron chi connectivity index (χ0n) is 9.92. The number of hydrogen-bond donors (Lipinski definition) is 0. The number of aryl methyl sites for hydroxylation is 1. The first-order valence-electron chi connectivity index (χ1n) is 5.51. The zero-order valence-corrected chi connectivity index (χ0v) is 10.7. The van der Waals surface area contributed by atoms with Gasteiger partial charge in [0.05, 0.1) is 5.97 Å². The van der Waals surface area contributed by atoms with Gasteiger partial charge in [-0.05, 0) is 24.6 Å². The topological polar surface area (TPSA) is 53.0 Å². The first-order valence-corrected chi connectivity index (χ1v) is 6.50. The van der Waals surface area contributed by atoms with E-state index in [0.29, 0.717) is 10.8 Å². The molecule has 1 aromatic heterocycles. The van der Waals surface area contributed by atoms with Crippen LogP contribution in [-0.2, 0) is 5.75 Å². The molecule has 0 atom stereocenters. The fourth-order valence-corrected chi connectivity index (χ4v) is 2.44. The Morgan fingerprint density at radius 2 is 2.00 bits per heavy atom. The summed E-state index contributed by atoms with van der Waals surface area (Å²) in [7, 11) is 0. The maximum absolute atomic E-state index is 10.9. The first-order chi connectivity index (χ1) is 8.66. The summed E-state index contributed by atoms with van der Waals surface area (Å²) in [6.07, 6.45) is 1.59. The van der Waals surface area contributed by atoms with Gasteiger partial charge in [-0.25, -0.2) is 4.98 Å². The van der Waals surface area contributed by atoms with E-state index in [0.717, 1.165) is 5.56 Å². The lowest BCUT2D eigenvalue weighted by Gasteiger charge is -2.08. The van der Waals surface area contributed by atoms with Gasteiger partial charge in [0.1, 0.15) is 5.03 Å². The molecule has 0 aliphatic rings. The molecular formula is C14H12NO2S-. The number of thioether (sulfide) groups is 1. The summed E-state index contributed by atoms with van der Waals surface area (Å²) < 4.78 is 0. The minimum Gasteiger partial charge on any atom is -0.545 e. The molecule has 0 unspecified atom stereocenters. The van der Waals surface area contributed by atoms with Crippen molar-refractivity contribution in [2.45, 2.75) is 17.7 Å². The summed E-state index contributed by atoms with van der Waals surface area (Å²) in [6, 6.07) is 11.2. The van der Waals surface area contributed by atoms with Crippen LogP contribution in [0.3, 0.4) is 0 Å². The van der Waals surface area contributed by atoms with Gasteiger partial charge in [-0.3, -0.25) is 0 Å². The van der Waals surface area contributed by atoms with Crippen molar-refractivity contribution in [2.24, 2.45) is 0 Å².